The molecule has 2 unspecified atom stereocenters. The zero-order valence-corrected chi connectivity index (χ0v) is 16.5. The summed E-state index contributed by atoms with van der Waals surface area (Å²) in [6.45, 7) is 1.65. The molecule has 2 aliphatic heterocycles. The van der Waals surface area contributed by atoms with Crippen molar-refractivity contribution in [1.29, 1.82) is 0 Å². The second-order valence-corrected chi connectivity index (χ2v) is 7.61. The van der Waals surface area contributed by atoms with Crippen LogP contribution in [0.4, 0.5) is 4.79 Å². The second-order valence-electron chi connectivity index (χ2n) is 7.61. The third-order valence-corrected chi connectivity index (χ3v) is 5.29. The molecule has 0 aromatic heterocycles. The number of carbonyl (C=O) groups excluding carboxylic acids is 6. The van der Waals surface area contributed by atoms with E-state index in [0.29, 0.717) is 23.0 Å². The number of carbonyl (C=O) groups is 6. The van der Waals surface area contributed by atoms with E-state index in [2.05, 4.69) is 4.84 Å². The van der Waals surface area contributed by atoms with Crippen LogP contribution in [-0.4, -0.2) is 52.0 Å². The van der Waals surface area contributed by atoms with E-state index in [-0.39, 0.29) is 38.5 Å². The lowest BCUT2D eigenvalue weighted by Gasteiger charge is -2.30. The first-order chi connectivity index (χ1) is 14.2. The number of hydroxylamine groups is 4. The molecule has 2 fully saturated rings. The molecule has 1 aliphatic carbocycles. The normalized spacial score (nSPS) is 27.2. The fourth-order valence-corrected chi connectivity index (χ4v) is 3.36. The number of ether oxygens (including phenoxy) is 1. The minimum absolute atomic E-state index is 0.00557. The fraction of sp³-hybridized carbons (Fsp3) is 0.579. The molecule has 4 amide bonds. The minimum Gasteiger partial charge on any atom is -0.425 e. The SMILES string of the molecule is CC1(C(=O)ON2C(=O)CCC2=O)CCC=CC(OC(=O)ON2C(=O)CCC2=O)CC1. The van der Waals surface area contributed by atoms with Gasteiger partial charge in [0.05, 0.1) is 5.41 Å². The molecule has 0 radical (unpaired) electrons. The molecule has 2 atom stereocenters. The summed E-state index contributed by atoms with van der Waals surface area (Å²) in [5, 5.41) is 0.901. The van der Waals surface area contributed by atoms with Crippen LogP contribution in [0.15, 0.2) is 12.2 Å². The Kier molecular flexibility index (Phi) is 6.18. The van der Waals surface area contributed by atoms with Gasteiger partial charge in [-0.2, -0.15) is 0 Å². The summed E-state index contributed by atoms with van der Waals surface area (Å²) >= 11 is 0. The van der Waals surface area contributed by atoms with Gasteiger partial charge in [-0.25, -0.2) is 9.59 Å². The van der Waals surface area contributed by atoms with E-state index in [0.717, 1.165) is 0 Å². The molecular formula is C19H22N2O9. The van der Waals surface area contributed by atoms with Crippen molar-refractivity contribution in [2.45, 2.75) is 64.4 Å². The van der Waals surface area contributed by atoms with Crippen LogP contribution in [0.2, 0.25) is 0 Å². The molecular weight excluding hydrogens is 400 g/mol. The van der Waals surface area contributed by atoms with Crippen LogP contribution in [0.5, 0.6) is 0 Å². The van der Waals surface area contributed by atoms with E-state index in [9.17, 15) is 28.8 Å². The van der Waals surface area contributed by atoms with Gasteiger partial charge in [-0.15, -0.1) is 5.06 Å². The number of nitrogens with zero attached hydrogens (tertiary/aromatic N) is 2. The van der Waals surface area contributed by atoms with Gasteiger partial charge in [-0.05, 0) is 38.7 Å². The highest BCUT2D eigenvalue weighted by Gasteiger charge is 2.41. The van der Waals surface area contributed by atoms with Gasteiger partial charge in [0.1, 0.15) is 6.10 Å². The number of allylic oxidation sites excluding steroid dienone is 1. The Hall–Kier alpha value is -3.24. The lowest BCUT2D eigenvalue weighted by Crippen LogP contribution is -2.40. The van der Waals surface area contributed by atoms with Crippen molar-refractivity contribution >= 4 is 35.8 Å². The van der Waals surface area contributed by atoms with E-state index < -0.39 is 47.3 Å². The zero-order valence-electron chi connectivity index (χ0n) is 16.5. The van der Waals surface area contributed by atoms with Crippen molar-refractivity contribution in [1.82, 2.24) is 10.1 Å². The fourth-order valence-electron chi connectivity index (χ4n) is 3.36. The maximum atomic E-state index is 12.7. The molecule has 0 bridgehead atoms. The molecule has 3 aliphatic rings. The molecule has 2 saturated heterocycles. The van der Waals surface area contributed by atoms with E-state index in [1.54, 1.807) is 19.1 Å². The Balaban J connectivity index is 1.57. The minimum atomic E-state index is -1.20. The Morgan fingerprint density at radius 2 is 1.43 bits per heavy atom. The van der Waals surface area contributed by atoms with Crippen LogP contribution in [0.3, 0.4) is 0 Å². The Morgan fingerprint density at radius 1 is 0.900 bits per heavy atom. The highest BCUT2D eigenvalue weighted by atomic mass is 16.8. The number of hydrogen-bond donors (Lipinski definition) is 0. The van der Waals surface area contributed by atoms with Gasteiger partial charge >= 0.3 is 12.1 Å². The number of amides is 4. The van der Waals surface area contributed by atoms with Crippen molar-refractivity contribution in [2.75, 3.05) is 0 Å². The smallest absolute Gasteiger partial charge is 0.425 e. The Labute approximate surface area is 171 Å². The lowest BCUT2D eigenvalue weighted by atomic mass is 9.79. The number of imide groups is 2. The van der Waals surface area contributed by atoms with Gasteiger partial charge in [0, 0.05) is 25.7 Å². The van der Waals surface area contributed by atoms with E-state index in [1.807, 2.05) is 0 Å². The lowest BCUT2D eigenvalue weighted by molar-refractivity contribution is -0.205. The molecule has 0 aromatic carbocycles. The van der Waals surface area contributed by atoms with Gasteiger partial charge in [0.15, 0.2) is 0 Å². The van der Waals surface area contributed by atoms with Crippen LogP contribution >= 0.6 is 0 Å². The molecule has 3 rings (SSSR count). The van der Waals surface area contributed by atoms with Crippen molar-refractivity contribution in [2.24, 2.45) is 5.41 Å². The molecule has 30 heavy (non-hydrogen) atoms. The first-order valence-electron chi connectivity index (χ1n) is 9.69. The predicted octanol–water partition coefficient (Wildman–Crippen LogP) is 1.32. The summed E-state index contributed by atoms with van der Waals surface area (Å²) in [5.74, 6) is -3.07. The molecule has 11 nitrogen and oxygen atoms in total. The zero-order chi connectivity index (χ0) is 21.9. The second kappa shape index (κ2) is 8.64. The first-order valence-corrected chi connectivity index (χ1v) is 9.69. The number of rotatable bonds is 4. The molecule has 11 heteroatoms. The third-order valence-electron chi connectivity index (χ3n) is 5.29. The summed E-state index contributed by atoms with van der Waals surface area (Å²) in [7, 11) is 0. The van der Waals surface area contributed by atoms with Crippen molar-refractivity contribution in [3.05, 3.63) is 12.2 Å². The monoisotopic (exact) mass is 422 g/mol. The van der Waals surface area contributed by atoms with E-state index in [4.69, 9.17) is 9.57 Å². The van der Waals surface area contributed by atoms with Gasteiger partial charge in [0.25, 0.3) is 23.6 Å². The summed E-state index contributed by atoms with van der Waals surface area (Å²) in [4.78, 5) is 80.8. The maximum absolute atomic E-state index is 12.7. The van der Waals surface area contributed by atoms with Crippen LogP contribution in [-0.2, 0) is 38.4 Å². The van der Waals surface area contributed by atoms with Gasteiger partial charge in [0.2, 0.25) is 0 Å². The van der Waals surface area contributed by atoms with E-state index >= 15 is 0 Å². The summed E-state index contributed by atoms with van der Waals surface area (Å²) in [5.41, 5.74) is -1.01. The number of hydrogen-bond acceptors (Lipinski definition) is 9. The van der Waals surface area contributed by atoms with Crippen LogP contribution < -0.4 is 0 Å². The molecule has 0 N–H and O–H groups in total. The van der Waals surface area contributed by atoms with Crippen LogP contribution in [0.25, 0.3) is 0 Å². The topological polar surface area (TPSA) is 137 Å². The molecule has 0 spiro atoms. The summed E-state index contributed by atoms with van der Waals surface area (Å²) in [6, 6.07) is 0. The van der Waals surface area contributed by atoms with Gasteiger partial charge in [-0.3, -0.25) is 24.0 Å². The maximum Gasteiger partial charge on any atom is 0.534 e. The van der Waals surface area contributed by atoms with Gasteiger partial charge in [-0.1, -0.05) is 11.1 Å². The van der Waals surface area contributed by atoms with E-state index in [1.165, 1.54) is 0 Å². The largest absolute Gasteiger partial charge is 0.534 e. The summed E-state index contributed by atoms with van der Waals surface area (Å²) in [6.07, 6.45) is 2.69. The standard InChI is InChI=1S/C19H22N2O9/c1-19(17(26)29-20-13(22)5-6-14(20)23)10-3-2-4-12(9-11-19)28-18(27)30-21-15(24)7-8-16(21)25/h2,4,12H,3,5-11H2,1H3. The third kappa shape index (κ3) is 4.66. The van der Waals surface area contributed by atoms with Crippen LogP contribution in [0, 0.1) is 5.41 Å². The first kappa shape index (κ1) is 21.5. The molecule has 162 valence electrons. The van der Waals surface area contributed by atoms with Gasteiger partial charge < -0.3 is 9.57 Å². The summed E-state index contributed by atoms with van der Waals surface area (Å²) < 4.78 is 5.16. The average Bonchev–Trinajstić information content (AvgIpc) is 3.17. The Bertz CT molecular complexity index is 789. The molecule has 2 heterocycles. The predicted molar refractivity (Wildman–Crippen MR) is 95.3 cm³/mol. The van der Waals surface area contributed by atoms with Crippen molar-refractivity contribution < 1.29 is 43.2 Å². The highest BCUT2D eigenvalue weighted by Crippen LogP contribution is 2.35. The van der Waals surface area contributed by atoms with Crippen molar-refractivity contribution in [3.63, 3.8) is 0 Å². The molecule has 0 aromatic rings. The highest BCUT2D eigenvalue weighted by molar-refractivity contribution is 6.02. The molecule has 0 saturated carbocycles. The van der Waals surface area contributed by atoms with Crippen molar-refractivity contribution in [3.8, 4) is 0 Å². The Morgan fingerprint density at radius 3 is 2.00 bits per heavy atom. The van der Waals surface area contributed by atoms with Crippen LogP contribution in [0.1, 0.15) is 58.3 Å². The average molecular weight is 422 g/mol. The quantitative estimate of drug-likeness (QED) is 0.373.